The Kier molecular flexibility index (Phi) is 4.19. The first kappa shape index (κ1) is 15.0. The predicted octanol–water partition coefficient (Wildman–Crippen LogP) is 3.54. The van der Waals surface area contributed by atoms with Crippen LogP contribution in [0.2, 0.25) is 0 Å². The van der Waals surface area contributed by atoms with Gasteiger partial charge in [-0.3, -0.25) is 4.79 Å². The van der Waals surface area contributed by atoms with E-state index in [1.54, 1.807) is 4.68 Å². The van der Waals surface area contributed by atoms with Crippen LogP contribution in [0.1, 0.15) is 24.3 Å². The van der Waals surface area contributed by atoms with E-state index >= 15 is 0 Å². The Bertz CT molecular complexity index is 808. The third kappa shape index (κ3) is 2.99. The summed E-state index contributed by atoms with van der Waals surface area (Å²) in [6.45, 7) is 4.06. The van der Waals surface area contributed by atoms with E-state index in [1.807, 2.05) is 61.5 Å². The largest absolute Gasteiger partial charge is 0.494 e. The van der Waals surface area contributed by atoms with Crippen molar-refractivity contribution in [3.8, 4) is 22.7 Å². The van der Waals surface area contributed by atoms with Crippen molar-refractivity contribution < 1.29 is 9.53 Å². The van der Waals surface area contributed by atoms with Gasteiger partial charge in [-0.1, -0.05) is 35.5 Å². The van der Waals surface area contributed by atoms with E-state index in [4.69, 9.17) is 4.74 Å². The second-order valence-corrected chi connectivity index (χ2v) is 5.05. The highest BCUT2D eigenvalue weighted by molar-refractivity contribution is 5.98. The Morgan fingerprint density at radius 1 is 1.09 bits per heavy atom. The lowest BCUT2D eigenvalue weighted by molar-refractivity contribution is 0.101. The molecule has 0 aliphatic heterocycles. The molecule has 0 saturated carbocycles. The van der Waals surface area contributed by atoms with Crippen LogP contribution >= 0.6 is 0 Å². The number of hydrogen-bond donors (Lipinski definition) is 0. The van der Waals surface area contributed by atoms with Gasteiger partial charge in [-0.25, -0.2) is 4.68 Å². The van der Waals surface area contributed by atoms with Crippen LogP contribution < -0.4 is 4.74 Å². The lowest BCUT2D eigenvalue weighted by Gasteiger charge is -2.09. The molecule has 5 heteroatoms. The van der Waals surface area contributed by atoms with Crippen molar-refractivity contribution in [2.45, 2.75) is 13.8 Å². The number of carbonyl (C=O) groups excluding carboxylic acids is 1. The van der Waals surface area contributed by atoms with Gasteiger partial charge in [0.2, 0.25) is 0 Å². The number of hydrogen-bond acceptors (Lipinski definition) is 4. The first-order valence-electron chi connectivity index (χ1n) is 7.46. The molecular weight excluding hydrogens is 290 g/mol. The lowest BCUT2D eigenvalue weighted by Crippen LogP contribution is -2.02. The molecular formula is C18H17N3O2. The van der Waals surface area contributed by atoms with Crippen LogP contribution in [-0.2, 0) is 0 Å². The van der Waals surface area contributed by atoms with Gasteiger partial charge < -0.3 is 4.74 Å². The van der Waals surface area contributed by atoms with Crippen LogP contribution in [0.15, 0.2) is 54.6 Å². The van der Waals surface area contributed by atoms with Crippen molar-refractivity contribution in [3.05, 3.63) is 60.3 Å². The van der Waals surface area contributed by atoms with Crippen LogP contribution in [-0.4, -0.2) is 27.4 Å². The minimum absolute atomic E-state index is 0.110. The lowest BCUT2D eigenvalue weighted by atomic mass is 10.1. The second kappa shape index (κ2) is 6.44. The van der Waals surface area contributed by atoms with Crippen LogP contribution in [0.3, 0.4) is 0 Å². The van der Waals surface area contributed by atoms with Gasteiger partial charge in [-0.15, -0.1) is 5.10 Å². The average Bonchev–Trinajstić information content (AvgIpc) is 3.02. The molecule has 0 aliphatic rings. The summed E-state index contributed by atoms with van der Waals surface area (Å²) in [5, 5.41) is 8.22. The standard InChI is InChI=1S/C18H17N3O2/c1-3-23-16-11-9-15(10-12-16)21-18(14-7-5-4-6-8-14)17(13(2)22)19-20-21/h4-12H,3H2,1-2H3. The molecule has 3 rings (SSSR count). The summed E-state index contributed by atoms with van der Waals surface area (Å²) in [6, 6.07) is 17.2. The number of ketones is 1. The molecule has 0 saturated heterocycles. The zero-order valence-electron chi connectivity index (χ0n) is 13.1. The molecule has 0 fully saturated rings. The van der Waals surface area contributed by atoms with E-state index in [-0.39, 0.29) is 5.78 Å². The van der Waals surface area contributed by atoms with E-state index in [2.05, 4.69) is 10.3 Å². The SMILES string of the molecule is CCOc1ccc(-n2nnc(C(C)=O)c2-c2ccccc2)cc1. The van der Waals surface area contributed by atoms with E-state index < -0.39 is 0 Å². The Balaban J connectivity index is 2.11. The number of carbonyl (C=O) groups is 1. The summed E-state index contributed by atoms with van der Waals surface area (Å²) < 4.78 is 7.14. The van der Waals surface area contributed by atoms with Gasteiger partial charge in [0.15, 0.2) is 11.5 Å². The number of nitrogens with zero attached hydrogens (tertiary/aromatic N) is 3. The molecule has 2 aromatic carbocycles. The van der Waals surface area contributed by atoms with Gasteiger partial charge in [0, 0.05) is 12.5 Å². The van der Waals surface area contributed by atoms with Crippen molar-refractivity contribution in [1.82, 2.24) is 15.0 Å². The minimum atomic E-state index is -0.110. The van der Waals surface area contributed by atoms with Crippen LogP contribution in [0.5, 0.6) is 5.75 Å². The fraction of sp³-hybridized carbons (Fsp3) is 0.167. The maximum absolute atomic E-state index is 11.9. The van der Waals surface area contributed by atoms with Gasteiger partial charge in [0.25, 0.3) is 0 Å². The molecule has 116 valence electrons. The van der Waals surface area contributed by atoms with Crippen LogP contribution in [0.25, 0.3) is 16.9 Å². The van der Waals surface area contributed by atoms with E-state index in [0.29, 0.717) is 18.0 Å². The zero-order chi connectivity index (χ0) is 16.2. The highest BCUT2D eigenvalue weighted by Gasteiger charge is 2.19. The number of benzene rings is 2. The summed E-state index contributed by atoms with van der Waals surface area (Å²) in [4.78, 5) is 11.9. The second-order valence-electron chi connectivity index (χ2n) is 5.05. The highest BCUT2D eigenvalue weighted by atomic mass is 16.5. The van der Waals surface area contributed by atoms with Gasteiger partial charge in [-0.05, 0) is 31.2 Å². The molecule has 1 aromatic heterocycles. The minimum Gasteiger partial charge on any atom is -0.494 e. The topological polar surface area (TPSA) is 57.0 Å². The predicted molar refractivity (Wildman–Crippen MR) is 88.0 cm³/mol. The monoisotopic (exact) mass is 307 g/mol. The fourth-order valence-electron chi connectivity index (χ4n) is 2.40. The van der Waals surface area contributed by atoms with Gasteiger partial charge in [0.05, 0.1) is 12.3 Å². The maximum atomic E-state index is 11.9. The van der Waals surface area contributed by atoms with Gasteiger partial charge in [-0.2, -0.15) is 0 Å². The molecule has 0 aliphatic carbocycles. The normalized spacial score (nSPS) is 10.5. The van der Waals surface area contributed by atoms with E-state index in [9.17, 15) is 4.79 Å². The molecule has 0 amide bonds. The van der Waals surface area contributed by atoms with Gasteiger partial charge >= 0.3 is 0 Å². The molecule has 0 radical (unpaired) electrons. The number of Topliss-reactive ketones (excluding diaryl/α,β-unsaturated/α-hetero) is 1. The van der Waals surface area contributed by atoms with E-state index in [1.165, 1.54) is 6.92 Å². The van der Waals surface area contributed by atoms with Crippen molar-refractivity contribution in [1.29, 1.82) is 0 Å². The van der Waals surface area contributed by atoms with Crippen molar-refractivity contribution >= 4 is 5.78 Å². The molecule has 0 spiro atoms. The highest BCUT2D eigenvalue weighted by Crippen LogP contribution is 2.26. The number of ether oxygens (including phenoxy) is 1. The summed E-state index contributed by atoms with van der Waals surface area (Å²) in [5.74, 6) is 0.686. The molecule has 3 aromatic rings. The molecule has 0 bridgehead atoms. The third-order valence-corrected chi connectivity index (χ3v) is 3.44. The van der Waals surface area contributed by atoms with E-state index in [0.717, 1.165) is 17.0 Å². The summed E-state index contributed by atoms with van der Waals surface area (Å²) in [5.41, 5.74) is 2.79. The average molecular weight is 307 g/mol. The van der Waals surface area contributed by atoms with Crippen LogP contribution in [0, 0.1) is 0 Å². The molecule has 23 heavy (non-hydrogen) atoms. The van der Waals surface area contributed by atoms with Crippen molar-refractivity contribution in [2.24, 2.45) is 0 Å². The molecule has 0 atom stereocenters. The molecule has 5 nitrogen and oxygen atoms in total. The Morgan fingerprint density at radius 3 is 2.39 bits per heavy atom. The first-order chi connectivity index (χ1) is 11.2. The smallest absolute Gasteiger partial charge is 0.182 e. The maximum Gasteiger partial charge on any atom is 0.182 e. The van der Waals surface area contributed by atoms with Crippen LogP contribution in [0.4, 0.5) is 0 Å². The van der Waals surface area contributed by atoms with Crippen molar-refractivity contribution in [2.75, 3.05) is 6.61 Å². The molecule has 1 heterocycles. The first-order valence-corrected chi connectivity index (χ1v) is 7.46. The summed E-state index contributed by atoms with van der Waals surface area (Å²) >= 11 is 0. The van der Waals surface area contributed by atoms with Gasteiger partial charge in [0.1, 0.15) is 11.4 Å². The Morgan fingerprint density at radius 2 is 1.78 bits per heavy atom. The summed E-state index contributed by atoms with van der Waals surface area (Å²) in [7, 11) is 0. The van der Waals surface area contributed by atoms with Crippen molar-refractivity contribution in [3.63, 3.8) is 0 Å². The fourth-order valence-corrected chi connectivity index (χ4v) is 2.40. The third-order valence-electron chi connectivity index (χ3n) is 3.44. The zero-order valence-corrected chi connectivity index (χ0v) is 13.1. The molecule has 0 unspecified atom stereocenters. The Labute approximate surface area is 134 Å². The number of rotatable bonds is 5. The Hall–Kier alpha value is -2.95. The number of aromatic nitrogens is 3. The summed E-state index contributed by atoms with van der Waals surface area (Å²) in [6.07, 6.45) is 0. The quantitative estimate of drug-likeness (QED) is 0.677. The molecule has 0 N–H and O–H groups in total.